The first-order valence-electron chi connectivity index (χ1n) is 6.19. The molecule has 102 valence electrons. The maximum atomic E-state index is 6.28. The molecule has 0 spiro atoms. The Labute approximate surface area is 121 Å². The number of benzene rings is 1. The molecule has 1 unspecified atom stereocenters. The highest BCUT2D eigenvalue weighted by Gasteiger charge is 2.14. The molecule has 3 rings (SSSR count). The zero-order valence-corrected chi connectivity index (χ0v) is 11.6. The summed E-state index contributed by atoms with van der Waals surface area (Å²) in [4.78, 5) is 3.96. The van der Waals surface area contributed by atoms with Crippen LogP contribution in [0.15, 0.2) is 53.7 Å². The van der Waals surface area contributed by atoms with Gasteiger partial charge in [0, 0.05) is 0 Å². The van der Waals surface area contributed by atoms with E-state index in [4.69, 9.17) is 16.0 Å². The van der Waals surface area contributed by atoms with Crippen LogP contribution in [0.5, 0.6) is 0 Å². The zero-order valence-electron chi connectivity index (χ0n) is 10.8. The molecule has 2 aromatic heterocycles. The summed E-state index contributed by atoms with van der Waals surface area (Å²) < 4.78 is 7.04. The number of aromatic nitrogens is 3. The van der Waals surface area contributed by atoms with Crippen molar-refractivity contribution in [3.05, 3.63) is 60.0 Å². The van der Waals surface area contributed by atoms with Gasteiger partial charge >= 0.3 is 0 Å². The number of nitrogens with zero attached hydrogens (tertiary/aromatic N) is 3. The Balaban J connectivity index is 1.96. The lowest BCUT2D eigenvalue weighted by molar-refractivity contribution is 0.490. The van der Waals surface area contributed by atoms with Gasteiger partial charge in [-0.25, -0.2) is 9.67 Å². The van der Waals surface area contributed by atoms with Gasteiger partial charge in [-0.1, -0.05) is 17.7 Å². The van der Waals surface area contributed by atoms with E-state index in [-0.39, 0.29) is 6.04 Å². The summed E-state index contributed by atoms with van der Waals surface area (Å²) in [6.45, 7) is 2.02. The Kier molecular flexibility index (Phi) is 3.43. The molecular weight excluding hydrogens is 276 g/mol. The summed E-state index contributed by atoms with van der Waals surface area (Å²) in [5.74, 6) is 0.856. The van der Waals surface area contributed by atoms with Crippen molar-refractivity contribution in [1.82, 2.24) is 14.8 Å². The van der Waals surface area contributed by atoms with Crippen LogP contribution >= 0.6 is 11.6 Å². The lowest BCUT2D eigenvalue weighted by Gasteiger charge is -2.17. The van der Waals surface area contributed by atoms with Gasteiger partial charge < -0.3 is 9.73 Å². The second-order valence-electron chi connectivity index (χ2n) is 4.36. The molecule has 0 aliphatic carbocycles. The van der Waals surface area contributed by atoms with Gasteiger partial charge in [-0.2, -0.15) is 5.10 Å². The normalized spacial score (nSPS) is 12.3. The van der Waals surface area contributed by atoms with E-state index in [1.807, 2.05) is 37.3 Å². The van der Waals surface area contributed by atoms with Crippen LogP contribution in [0.25, 0.3) is 5.69 Å². The molecule has 1 aromatic carbocycles. The van der Waals surface area contributed by atoms with Crippen LogP contribution in [0.3, 0.4) is 0 Å². The number of para-hydroxylation sites is 1. The molecule has 6 heteroatoms. The fraction of sp³-hybridized carbons (Fsp3) is 0.143. The number of furan rings is 1. The largest absolute Gasteiger partial charge is 0.467 e. The average molecular weight is 289 g/mol. The third-order valence-electron chi connectivity index (χ3n) is 2.98. The molecule has 0 aliphatic rings. The Morgan fingerprint density at radius 3 is 2.90 bits per heavy atom. The van der Waals surface area contributed by atoms with Crippen molar-refractivity contribution in [2.75, 3.05) is 5.32 Å². The average Bonchev–Trinajstić information content (AvgIpc) is 3.12. The monoisotopic (exact) mass is 288 g/mol. The summed E-state index contributed by atoms with van der Waals surface area (Å²) >= 11 is 6.28. The van der Waals surface area contributed by atoms with Gasteiger partial charge in [-0.15, -0.1) is 0 Å². The summed E-state index contributed by atoms with van der Waals surface area (Å²) in [7, 11) is 0. The number of hydrogen-bond acceptors (Lipinski definition) is 4. The molecule has 0 aliphatic heterocycles. The van der Waals surface area contributed by atoms with Crippen molar-refractivity contribution in [3.8, 4) is 5.69 Å². The highest BCUT2D eigenvalue weighted by atomic mass is 35.5. The summed E-state index contributed by atoms with van der Waals surface area (Å²) in [6.07, 6.45) is 4.75. The van der Waals surface area contributed by atoms with Crippen LogP contribution < -0.4 is 5.32 Å². The fourth-order valence-corrected chi connectivity index (χ4v) is 2.29. The first kappa shape index (κ1) is 12.7. The SMILES string of the molecule is CC(Nc1cccc(Cl)c1-n1cncn1)c1ccco1. The Morgan fingerprint density at radius 1 is 1.30 bits per heavy atom. The lowest BCUT2D eigenvalue weighted by Crippen LogP contribution is -2.09. The van der Waals surface area contributed by atoms with E-state index >= 15 is 0 Å². The van der Waals surface area contributed by atoms with Gasteiger partial charge in [-0.05, 0) is 31.2 Å². The Bertz CT molecular complexity index is 679. The maximum absolute atomic E-state index is 6.28. The molecule has 3 aromatic rings. The standard InChI is InChI=1S/C14H13ClN4O/c1-10(13-6-3-7-20-13)18-12-5-2-4-11(15)14(12)19-9-16-8-17-19/h2-10,18H,1H3. The van der Waals surface area contributed by atoms with Gasteiger partial charge in [-0.3, -0.25) is 0 Å². The molecule has 0 bridgehead atoms. The number of rotatable bonds is 4. The van der Waals surface area contributed by atoms with Crippen molar-refractivity contribution >= 4 is 17.3 Å². The number of nitrogens with one attached hydrogen (secondary N) is 1. The first-order valence-corrected chi connectivity index (χ1v) is 6.57. The zero-order chi connectivity index (χ0) is 13.9. The third kappa shape index (κ3) is 2.40. The molecule has 5 nitrogen and oxygen atoms in total. The van der Waals surface area contributed by atoms with E-state index in [1.165, 1.54) is 6.33 Å². The molecule has 2 heterocycles. The van der Waals surface area contributed by atoms with Crippen molar-refractivity contribution in [2.45, 2.75) is 13.0 Å². The van der Waals surface area contributed by atoms with E-state index in [2.05, 4.69) is 15.4 Å². The van der Waals surface area contributed by atoms with Gasteiger partial charge in [0.2, 0.25) is 0 Å². The van der Waals surface area contributed by atoms with Gasteiger partial charge in [0.15, 0.2) is 0 Å². The van der Waals surface area contributed by atoms with E-state index < -0.39 is 0 Å². The van der Waals surface area contributed by atoms with Gasteiger partial charge in [0.25, 0.3) is 0 Å². The molecule has 20 heavy (non-hydrogen) atoms. The number of halogens is 1. The summed E-state index contributed by atoms with van der Waals surface area (Å²) in [5, 5.41) is 8.11. The van der Waals surface area contributed by atoms with Crippen LogP contribution in [0.4, 0.5) is 5.69 Å². The Hall–Kier alpha value is -2.27. The molecule has 0 saturated heterocycles. The van der Waals surface area contributed by atoms with Crippen LogP contribution in [-0.2, 0) is 0 Å². The minimum atomic E-state index is 0.0192. The quantitative estimate of drug-likeness (QED) is 0.795. The van der Waals surface area contributed by atoms with Gasteiger partial charge in [0.05, 0.1) is 23.0 Å². The molecule has 1 N–H and O–H groups in total. The van der Waals surface area contributed by atoms with E-state index in [0.717, 1.165) is 17.1 Å². The molecular formula is C14H13ClN4O. The number of hydrogen-bond donors (Lipinski definition) is 1. The molecule has 0 saturated carbocycles. The minimum Gasteiger partial charge on any atom is -0.467 e. The van der Waals surface area contributed by atoms with Crippen molar-refractivity contribution in [2.24, 2.45) is 0 Å². The predicted octanol–water partition coefficient (Wildman–Crippen LogP) is 3.69. The molecule has 0 amide bonds. The third-order valence-corrected chi connectivity index (χ3v) is 3.28. The van der Waals surface area contributed by atoms with Crippen molar-refractivity contribution in [1.29, 1.82) is 0 Å². The molecule has 1 atom stereocenters. The van der Waals surface area contributed by atoms with Crippen LogP contribution in [0.2, 0.25) is 5.02 Å². The number of anilines is 1. The Morgan fingerprint density at radius 2 is 2.20 bits per heavy atom. The first-order chi connectivity index (χ1) is 9.75. The van der Waals surface area contributed by atoms with Gasteiger partial charge in [0.1, 0.15) is 24.1 Å². The molecule has 0 fully saturated rings. The van der Waals surface area contributed by atoms with Crippen LogP contribution in [0, 0.1) is 0 Å². The smallest absolute Gasteiger partial charge is 0.138 e. The maximum Gasteiger partial charge on any atom is 0.138 e. The van der Waals surface area contributed by atoms with Crippen molar-refractivity contribution < 1.29 is 4.42 Å². The fourth-order valence-electron chi connectivity index (χ4n) is 2.03. The minimum absolute atomic E-state index is 0.0192. The molecule has 0 radical (unpaired) electrons. The topological polar surface area (TPSA) is 55.9 Å². The van der Waals surface area contributed by atoms with Crippen LogP contribution in [-0.4, -0.2) is 14.8 Å². The van der Waals surface area contributed by atoms with E-state index in [9.17, 15) is 0 Å². The second kappa shape index (κ2) is 5.38. The van der Waals surface area contributed by atoms with E-state index in [0.29, 0.717) is 5.02 Å². The highest BCUT2D eigenvalue weighted by Crippen LogP contribution is 2.30. The second-order valence-corrected chi connectivity index (χ2v) is 4.76. The van der Waals surface area contributed by atoms with E-state index in [1.54, 1.807) is 17.3 Å². The summed E-state index contributed by atoms with van der Waals surface area (Å²) in [6, 6.07) is 9.47. The predicted molar refractivity (Wildman–Crippen MR) is 77.1 cm³/mol. The summed E-state index contributed by atoms with van der Waals surface area (Å²) in [5.41, 5.74) is 1.64. The lowest BCUT2D eigenvalue weighted by atomic mass is 10.2. The van der Waals surface area contributed by atoms with Crippen LogP contribution in [0.1, 0.15) is 18.7 Å². The van der Waals surface area contributed by atoms with Crippen molar-refractivity contribution in [3.63, 3.8) is 0 Å². The highest BCUT2D eigenvalue weighted by molar-refractivity contribution is 6.33.